The van der Waals surface area contributed by atoms with Crippen LogP contribution in [0.1, 0.15) is 297 Å². The minimum Gasteiger partial charge on any atom is -0.462 e. The Labute approximate surface area is 593 Å². The van der Waals surface area contributed by atoms with Crippen molar-refractivity contribution in [3.05, 3.63) is 122 Å². The quantitative estimate of drug-likeness (QED) is 0.0169. The van der Waals surface area contributed by atoms with Crippen LogP contribution >= 0.6 is 15.6 Å². The number of allylic oxidation sites excluding steroid dienone is 20. The molecule has 0 aliphatic heterocycles. The highest BCUT2D eigenvalue weighted by Crippen LogP contribution is 2.45. The molecule has 5 unspecified atom stereocenters. The minimum atomic E-state index is -4.99. The number of phosphoric ester groups is 2. The fraction of sp³-hybridized carbons (Fsp3) is 0.696. The second kappa shape index (κ2) is 70.9. The molecule has 17 nitrogen and oxygen atoms in total. The Morgan fingerprint density at radius 2 is 0.551 bits per heavy atom. The van der Waals surface area contributed by atoms with E-state index in [1.165, 1.54) is 77.0 Å². The van der Waals surface area contributed by atoms with Crippen molar-refractivity contribution in [2.75, 3.05) is 39.6 Å². The van der Waals surface area contributed by atoms with Gasteiger partial charge in [0.25, 0.3) is 0 Å². The van der Waals surface area contributed by atoms with Crippen molar-refractivity contribution >= 4 is 39.5 Å². The third kappa shape index (κ3) is 69.9. The number of carbonyl (C=O) groups excluding carboxylic acids is 4. The molecule has 0 saturated carbocycles. The van der Waals surface area contributed by atoms with Gasteiger partial charge in [-0.05, 0) is 122 Å². The number of rotatable bonds is 70. The van der Waals surface area contributed by atoms with Crippen molar-refractivity contribution in [1.29, 1.82) is 0 Å². The maximum absolute atomic E-state index is 13.1. The zero-order valence-electron chi connectivity index (χ0n) is 61.2. The van der Waals surface area contributed by atoms with Gasteiger partial charge in [0.05, 0.1) is 26.4 Å². The first-order valence-corrected chi connectivity index (χ1v) is 40.8. The van der Waals surface area contributed by atoms with E-state index < -0.39 is 97.5 Å². The van der Waals surface area contributed by atoms with Crippen LogP contribution in [-0.4, -0.2) is 96.7 Å². The zero-order valence-corrected chi connectivity index (χ0v) is 63.0. The molecule has 562 valence electrons. The summed E-state index contributed by atoms with van der Waals surface area (Å²) in [5, 5.41) is 10.6. The summed E-state index contributed by atoms with van der Waals surface area (Å²) in [6, 6.07) is 0. The fourth-order valence-electron chi connectivity index (χ4n) is 9.70. The van der Waals surface area contributed by atoms with Crippen LogP contribution in [0.4, 0.5) is 0 Å². The van der Waals surface area contributed by atoms with Crippen molar-refractivity contribution in [3.63, 3.8) is 0 Å². The number of hydrogen-bond donors (Lipinski definition) is 3. The smallest absolute Gasteiger partial charge is 0.462 e. The Bertz CT molecular complexity index is 2340. The van der Waals surface area contributed by atoms with Crippen LogP contribution in [-0.2, 0) is 65.4 Å². The van der Waals surface area contributed by atoms with Gasteiger partial charge in [0, 0.05) is 25.7 Å². The number of esters is 4. The molecule has 0 aromatic rings. The maximum atomic E-state index is 13.1. The SMILES string of the molecule is CC/C=C\C/C=C\C/C=C\C/C=C\C/C=C\CCCC(=O)OCC(COP(=O)(O)OCC(O)COP(=O)(O)OCC(COC(=O)CCCC/C=C\C/C=C\C/C=C\C/C=C\CC)OC(=O)CCCCCCCCCCCCCCCCC)OC(=O)CCCCCCC/C=C\CCCC. The van der Waals surface area contributed by atoms with Crippen LogP contribution in [0.2, 0.25) is 0 Å². The van der Waals surface area contributed by atoms with Gasteiger partial charge >= 0.3 is 39.5 Å². The lowest BCUT2D eigenvalue weighted by atomic mass is 10.0. The van der Waals surface area contributed by atoms with E-state index in [1.54, 1.807) is 0 Å². The van der Waals surface area contributed by atoms with Gasteiger partial charge in [-0.25, -0.2) is 9.13 Å². The Morgan fingerprint density at radius 1 is 0.296 bits per heavy atom. The molecule has 0 heterocycles. The van der Waals surface area contributed by atoms with Crippen LogP contribution in [0.25, 0.3) is 0 Å². The first-order chi connectivity index (χ1) is 47.7. The zero-order chi connectivity index (χ0) is 71.8. The molecule has 0 aliphatic rings. The van der Waals surface area contributed by atoms with Gasteiger partial charge in [-0.1, -0.05) is 271 Å². The van der Waals surface area contributed by atoms with E-state index in [4.69, 9.17) is 37.0 Å². The molecule has 0 spiro atoms. The van der Waals surface area contributed by atoms with E-state index >= 15 is 0 Å². The molecule has 0 aromatic heterocycles. The van der Waals surface area contributed by atoms with E-state index in [1.807, 2.05) is 12.2 Å². The maximum Gasteiger partial charge on any atom is 0.472 e. The molecular weight excluding hydrogens is 1280 g/mol. The Hall–Kier alpha value is -4.54. The van der Waals surface area contributed by atoms with Crippen molar-refractivity contribution in [2.24, 2.45) is 0 Å². The highest BCUT2D eigenvalue weighted by atomic mass is 31.2. The molecule has 98 heavy (non-hydrogen) atoms. The predicted octanol–water partition coefficient (Wildman–Crippen LogP) is 21.6. The van der Waals surface area contributed by atoms with E-state index in [0.29, 0.717) is 32.1 Å². The third-order valence-electron chi connectivity index (χ3n) is 15.4. The van der Waals surface area contributed by atoms with Crippen LogP contribution in [0, 0.1) is 0 Å². The van der Waals surface area contributed by atoms with E-state index in [2.05, 4.69) is 137 Å². The van der Waals surface area contributed by atoms with E-state index in [-0.39, 0.29) is 25.7 Å². The molecule has 0 rings (SSSR count). The van der Waals surface area contributed by atoms with Crippen molar-refractivity contribution in [1.82, 2.24) is 0 Å². The lowest BCUT2D eigenvalue weighted by molar-refractivity contribution is -0.161. The summed E-state index contributed by atoms with van der Waals surface area (Å²) in [6.45, 7) is 4.49. The van der Waals surface area contributed by atoms with Gasteiger partial charge in [-0.2, -0.15) is 0 Å². The van der Waals surface area contributed by atoms with Gasteiger partial charge in [0.2, 0.25) is 0 Å². The second-order valence-electron chi connectivity index (χ2n) is 24.8. The molecule has 19 heteroatoms. The Morgan fingerprint density at radius 3 is 0.918 bits per heavy atom. The van der Waals surface area contributed by atoms with Gasteiger partial charge in [0.15, 0.2) is 12.2 Å². The monoisotopic (exact) mass is 1420 g/mol. The number of unbranched alkanes of at least 4 members (excludes halogenated alkanes) is 24. The van der Waals surface area contributed by atoms with Crippen LogP contribution in [0.15, 0.2) is 122 Å². The highest BCUT2D eigenvalue weighted by molar-refractivity contribution is 7.47. The average Bonchev–Trinajstić information content (AvgIpc) is 0.986. The summed E-state index contributed by atoms with van der Waals surface area (Å²) in [6.07, 6.45) is 76.4. The van der Waals surface area contributed by atoms with Crippen molar-refractivity contribution in [3.8, 4) is 0 Å². The summed E-state index contributed by atoms with van der Waals surface area (Å²) in [4.78, 5) is 72.7. The molecule has 5 atom stereocenters. The molecular formula is C79H134O17P2. The summed E-state index contributed by atoms with van der Waals surface area (Å²) < 4.78 is 68.3. The first-order valence-electron chi connectivity index (χ1n) is 37.8. The summed E-state index contributed by atoms with van der Waals surface area (Å²) in [7, 11) is -9.97. The second-order valence-corrected chi connectivity index (χ2v) is 27.7. The molecule has 0 saturated heterocycles. The molecule has 0 fully saturated rings. The number of hydrogen-bond acceptors (Lipinski definition) is 15. The lowest BCUT2D eigenvalue weighted by Gasteiger charge is -2.21. The van der Waals surface area contributed by atoms with Crippen LogP contribution in [0.3, 0.4) is 0 Å². The summed E-state index contributed by atoms with van der Waals surface area (Å²) in [5.41, 5.74) is 0. The number of carbonyl (C=O) groups is 4. The molecule has 3 N–H and O–H groups in total. The Balaban J connectivity index is 5.40. The number of aliphatic hydroxyl groups excluding tert-OH is 1. The van der Waals surface area contributed by atoms with Gasteiger partial charge in [-0.15, -0.1) is 0 Å². The third-order valence-corrected chi connectivity index (χ3v) is 17.3. The molecule has 0 aromatic carbocycles. The lowest BCUT2D eigenvalue weighted by Crippen LogP contribution is -2.30. The standard InChI is InChI=1S/C79H134O17P2/c1-5-9-13-17-21-25-29-32-35-36-39-41-45-48-52-56-60-64-77(82)89-69-74(95-78(83)65-61-57-53-49-43-28-24-20-16-12-8-4)71-93-97(85,86)91-67-73(80)68-92-98(87,88)94-72-75(96-79(84)66-62-58-54-50-46-42-38-34-31-27-23-19-15-11-7-3)70-90-76(81)63-59-55-51-47-44-40-37-33-30-26-22-18-14-10-6-2/h9-10,13-14,20-22,24-26,32-33,35,37,39,41,44,47-48,52,73-75,80H,5-8,11-12,15-19,23,27-31,34,36,38,40,42-43,45-46,49-51,53-72H2,1-4H3,(H,85,86)(H,87,88)/b13-9-,14-10-,24-20-,25-21-,26-22-,35-32-,37-33-,41-39-,47-44-,52-48-. The number of phosphoric acid groups is 2. The molecule has 0 radical (unpaired) electrons. The van der Waals surface area contributed by atoms with Crippen molar-refractivity contribution < 1.29 is 80.2 Å². The molecule has 0 bridgehead atoms. The average molecular weight is 1420 g/mol. The summed E-state index contributed by atoms with van der Waals surface area (Å²) >= 11 is 0. The van der Waals surface area contributed by atoms with E-state index in [0.717, 1.165) is 135 Å². The minimum absolute atomic E-state index is 0.0694. The van der Waals surface area contributed by atoms with Crippen LogP contribution < -0.4 is 0 Å². The van der Waals surface area contributed by atoms with Crippen LogP contribution in [0.5, 0.6) is 0 Å². The first kappa shape index (κ1) is 93.5. The Kier molecular flexibility index (Phi) is 67.6. The molecule has 0 aliphatic carbocycles. The van der Waals surface area contributed by atoms with Crippen molar-refractivity contribution in [2.45, 2.75) is 316 Å². The van der Waals surface area contributed by atoms with Gasteiger partial charge in [0.1, 0.15) is 19.3 Å². The predicted molar refractivity (Wildman–Crippen MR) is 399 cm³/mol. The topological polar surface area (TPSA) is 237 Å². The molecule has 0 amide bonds. The summed E-state index contributed by atoms with van der Waals surface area (Å²) in [5.74, 6) is -2.30. The number of ether oxygens (including phenoxy) is 4. The highest BCUT2D eigenvalue weighted by Gasteiger charge is 2.30. The number of aliphatic hydroxyl groups is 1. The van der Waals surface area contributed by atoms with Gasteiger partial charge < -0.3 is 33.8 Å². The van der Waals surface area contributed by atoms with Gasteiger partial charge in [-0.3, -0.25) is 37.3 Å². The fourth-order valence-corrected chi connectivity index (χ4v) is 11.3. The normalized spacial score (nSPS) is 14.6. The van der Waals surface area contributed by atoms with E-state index in [9.17, 15) is 43.2 Å². The largest absolute Gasteiger partial charge is 0.472 e.